The molecule has 6 nitrogen and oxygen atoms in total. The summed E-state index contributed by atoms with van der Waals surface area (Å²) in [5.74, 6) is -0.876. The van der Waals surface area contributed by atoms with E-state index < -0.39 is 6.10 Å². The van der Waals surface area contributed by atoms with Crippen LogP contribution in [0.2, 0.25) is 0 Å². The third-order valence-electron chi connectivity index (χ3n) is 13.3. The monoisotopic (exact) mass is 967 g/mol. The van der Waals surface area contributed by atoms with Gasteiger partial charge in [-0.3, -0.25) is 14.4 Å². The Morgan fingerprint density at radius 2 is 0.522 bits per heavy atom. The van der Waals surface area contributed by atoms with Crippen LogP contribution in [0.3, 0.4) is 0 Å². The third-order valence-corrected chi connectivity index (χ3v) is 13.3. The number of hydrogen-bond acceptors (Lipinski definition) is 6. The zero-order valence-electron chi connectivity index (χ0n) is 46.1. The van der Waals surface area contributed by atoms with Gasteiger partial charge in [-0.25, -0.2) is 0 Å². The van der Waals surface area contributed by atoms with Crippen LogP contribution in [0, 0.1) is 0 Å². The lowest BCUT2D eigenvalue weighted by molar-refractivity contribution is -0.167. The van der Waals surface area contributed by atoms with Crippen LogP contribution < -0.4 is 0 Å². The summed E-state index contributed by atoms with van der Waals surface area (Å²) in [7, 11) is 0. The second-order valence-corrected chi connectivity index (χ2v) is 20.3. The second-order valence-electron chi connectivity index (χ2n) is 20.3. The van der Waals surface area contributed by atoms with Crippen LogP contribution in [0.1, 0.15) is 316 Å². The van der Waals surface area contributed by atoms with Crippen LogP contribution in [0.4, 0.5) is 0 Å². The Bertz CT molecular complexity index is 1200. The smallest absolute Gasteiger partial charge is 0.306 e. The fraction of sp³-hybridized carbons (Fsp3) is 0.825. The van der Waals surface area contributed by atoms with Gasteiger partial charge in [-0.05, 0) is 83.5 Å². The largest absolute Gasteiger partial charge is 0.462 e. The summed E-state index contributed by atoms with van der Waals surface area (Å²) in [6.07, 6.45) is 71.0. The summed E-state index contributed by atoms with van der Waals surface area (Å²) < 4.78 is 16.9. The average Bonchev–Trinajstić information content (AvgIpc) is 3.35. The SMILES string of the molecule is CCCCC/C=C\C/C=C\C/C=C\CCCCCCCCC(=O)OC(COC(=O)CCCCCCCCCCC/C=C\CCCCCCCCCC)COC(=O)CCCCCCCCCCCCC. The molecule has 0 aliphatic carbocycles. The Labute approximate surface area is 428 Å². The predicted octanol–water partition coefficient (Wildman–Crippen LogP) is 20.2. The van der Waals surface area contributed by atoms with Crippen molar-refractivity contribution in [2.45, 2.75) is 322 Å². The van der Waals surface area contributed by atoms with E-state index in [1.54, 1.807) is 0 Å². The molecule has 0 rings (SSSR count). The number of hydrogen-bond donors (Lipinski definition) is 0. The van der Waals surface area contributed by atoms with Gasteiger partial charge in [-0.1, -0.05) is 262 Å². The predicted molar refractivity (Wildman–Crippen MR) is 298 cm³/mol. The van der Waals surface area contributed by atoms with Gasteiger partial charge < -0.3 is 14.2 Å². The fourth-order valence-corrected chi connectivity index (χ4v) is 8.74. The Hall–Kier alpha value is -2.63. The van der Waals surface area contributed by atoms with Crippen molar-refractivity contribution >= 4 is 17.9 Å². The molecule has 0 aliphatic rings. The fourth-order valence-electron chi connectivity index (χ4n) is 8.74. The Morgan fingerprint density at radius 3 is 0.855 bits per heavy atom. The minimum absolute atomic E-state index is 0.0762. The maximum Gasteiger partial charge on any atom is 0.306 e. The number of allylic oxidation sites excluding steroid dienone is 8. The third kappa shape index (κ3) is 56.2. The van der Waals surface area contributed by atoms with Crippen LogP contribution in [0.15, 0.2) is 48.6 Å². The van der Waals surface area contributed by atoms with Crippen molar-refractivity contribution in [1.82, 2.24) is 0 Å². The van der Waals surface area contributed by atoms with Crippen molar-refractivity contribution in [2.24, 2.45) is 0 Å². The van der Waals surface area contributed by atoms with Gasteiger partial charge in [-0.15, -0.1) is 0 Å². The molecule has 1 unspecified atom stereocenters. The maximum atomic E-state index is 12.9. The molecule has 0 bridgehead atoms. The van der Waals surface area contributed by atoms with Gasteiger partial charge in [0, 0.05) is 19.3 Å². The lowest BCUT2D eigenvalue weighted by Gasteiger charge is -2.18. The first-order valence-electron chi connectivity index (χ1n) is 30.1. The lowest BCUT2D eigenvalue weighted by atomic mass is 10.1. The normalized spacial score (nSPS) is 12.3. The van der Waals surface area contributed by atoms with E-state index in [0.29, 0.717) is 19.3 Å². The first kappa shape index (κ1) is 66.4. The van der Waals surface area contributed by atoms with Crippen molar-refractivity contribution in [1.29, 1.82) is 0 Å². The van der Waals surface area contributed by atoms with Crippen LogP contribution in [-0.4, -0.2) is 37.2 Å². The summed E-state index contributed by atoms with van der Waals surface area (Å²) in [6, 6.07) is 0. The Kier molecular flexibility index (Phi) is 55.7. The Balaban J connectivity index is 4.31. The van der Waals surface area contributed by atoms with Gasteiger partial charge in [0.2, 0.25) is 0 Å². The van der Waals surface area contributed by atoms with Crippen molar-refractivity contribution in [3.8, 4) is 0 Å². The zero-order chi connectivity index (χ0) is 50.0. The first-order chi connectivity index (χ1) is 34.0. The van der Waals surface area contributed by atoms with E-state index in [4.69, 9.17) is 14.2 Å². The number of esters is 3. The van der Waals surface area contributed by atoms with Gasteiger partial charge in [0.1, 0.15) is 13.2 Å². The molecule has 0 spiro atoms. The van der Waals surface area contributed by atoms with E-state index in [0.717, 1.165) is 77.0 Å². The van der Waals surface area contributed by atoms with Crippen LogP contribution >= 0.6 is 0 Å². The molecule has 0 saturated carbocycles. The van der Waals surface area contributed by atoms with Crippen LogP contribution in [-0.2, 0) is 28.6 Å². The van der Waals surface area contributed by atoms with E-state index >= 15 is 0 Å². The number of carbonyl (C=O) groups is 3. The minimum atomic E-state index is -0.779. The summed E-state index contributed by atoms with van der Waals surface area (Å²) in [4.78, 5) is 38.2. The molecule has 69 heavy (non-hydrogen) atoms. The molecule has 0 aromatic carbocycles. The molecule has 0 aromatic heterocycles. The summed E-state index contributed by atoms with van der Waals surface area (Å²) in [5, 5.41) is 0. The highest BCUT2D eigenvalue weighted by molar-refractivity contribution is 5.71. The molecule has 6 heteroatoms. The first-order valence-corrected chi connectivity index (χ1v) is 30.1. The molecular weight excluding hydrogens is 853 g/mol. The van der Waals surface area contributed by atoms with Crippen LogP contribution in [0.25, 0.3) is 0 Å². The van der Waals surface area contributed by atoms with Gasteiger partial charge in [0.15, 0.2) is 6.10 Å². The highest BCUT2D eigenvalue weighted by Gasteiger charge is 2.19. The quantitative estimate of drug-likeness (QED) is 0.0262. The van der Waals surface area contributed by atoms with Gasteiger partial charge >= 0.3 is 17.9 Å². The minimum Gasteiger partial charge on any atom is -0.462 e. The number of ether oxygens (including phenoxy) is 3. The molecule has 0 fully saturated rings. The maximum absolute atomic E-state index is 12.9. The van der Waals surface area contributed by atoms with E-state index in [9.17, 15) is 14.4 Å². The molecular formula is C63H114O6. The number of unbranched alkanes of at least 4 members (excludes halogenated alkanes) is 36. The van der Waals surface area contributed by atoms with Gasteiger partial charge in [-0.2, -0.15) is 0 Å². The summed E-state index contributed by atoms with van der Waals surface area (Å²) in [5.41, 5.74) is 0. The Morgan fingerprint density at radius 1 is 0.290 bits per heavy atom. The topological polar surface area (TPSA) is 78.9 Å². The van der Waals surface area contributed by atoms with Gasteiger partial charge in [0.05, 0.1) is 0 Å². The molecule has 0 amide bonds. The van der Waals surface area contributed by atoms with Crippen molar-refractivity contribution in [2.75, 3.05) is 13.2 Å². The van der Waals surface area contributed by atoms with Crippen molar-refractivity contribution in [3.63, 3.8) is 0 Å². The van der Waals surface area contributed by atoms with Crippen molar-refractivity contribution in [3.05, 3.63) is 48.6 Å². The van der Waals surface area contributed by atoms with Crippen molar-refractivity contribution < 1.29 is 28.6 Å². The molecule has 402 valence electrons. The molecule has 0 N–H and O–H groups in total. The van der Waals surface area contributed by atoms with E-state index in [1.165, 1.54) is 199 Å². The molecule has 0 radical (unpaired) electrons. The summed E-state index contributed by atoms with van der Waals surface area (Å²) >= 11 is 0. The molecule has 0 saturated heterocycles. The molecule has 1 atom stereocenters. The summed E-state index contributed by atoms with van der Waals surface area (Å²) in [6.45, 7) is 6.63. The van der Waals surface area contributed by atoms with E-state index in [1.807, 2.05) is 0 Å². The van der Waals surface area contributed by atoms with E-state index in [-0.39, 0.29) is 31.1 Å². The second kappa shape index (κ2) is 57.9. The number of rotatable bonds is 55. The highest BCUT2D eigenvalue weighted by Crippen LogP contribution is 2.16. The molecule has 0 aromatic rings. The molecule has 0 aliphatic heterocycles. The highest BCUT2D eigenvalue weighted by atomic mass is 16.6. The zero-order valence-corrected chi connectivity index (χ0v) is 46.1. The lowest BCUT2D eigenvalue weighted by Crippen LogP contribution is -2.30. The number of carbonyl (C=O) groups excluding carboxylic acids is 3. The van der Waals surface area contributed by atoms with Gasteiger partial charge in [0.25, 0.3) is 0 Å². The standard InChI is InChI=1S/C63H114O6/c1-4-7-10-13-16-19-22-24-26-28-30-31-33-34-36-38-41-44-47-50-53-56-62(65)68-59-60(58-67-61(64)55-52-49-46-43-40-21-18-15-12-9-6-3)69-63(66)57-54-51-48-45-42-39-37-35-32-29-27-25-23-20-17-14-11-8-5-2/h17,20,25,27-28,30,32,35,60H,4-16,18-19,21-24,26,29,31,33-34,36-59H2,1-3H3/b20-17-,27-25-,30-28-,35-32-. The average molecular weight is 968 g/mol. The van der Waals surface area contributed by atoms with E-state index in [2.05, 4.69) is 69.4 Å². The molecule has 0 heterocycles. The van der Waals surface area contributed by atoms with Crippen LogP contribution in [0.5, 0.6) is 0 Å².